The maximum absolute atomic E-state index is 12.4. The molecule has 188 valence electrons. The summed E-state index contributed by atoms with van der Waals surface area (Å²) < 4.78 is 5.16. The van der Waals surface area contributed by atoms with Gasteiger partial charge in [-0.15, -0.1) is 0 Å². The Bertz CT molecular complexity index is 1080. The monoisotopic (exact) mass is 477 g/mol. The first-order chi connectivity index (χ1) is 16.5. The molecule has 0 atom stereocenters. The number of hydrogen-bond donors (Lipinski definition) is 2. The minimum absolute atomic E-state index is 0.0260. The van der Waals surface area contributed by atoms with E-state index in [0.717, 1.165) is 11.1 Å². The van der Waals surface area contributed by atoms with Crippen molar-refractivity contribution >= 4 is 17.6 Å². The Hall–Kier alpha value is -3.34. The van der Waals surface area contributed by atoms with Crippen molar-refractivity contribution in [1.82, 2.24) is 0 Å². The summed E-state index contributed by atoms with van der Waals surface area (Å²) in [5, 5.41) is 12.6. The Morgan fingerprint density at radius 1 is 1.17 bits per heavy atom. The minimum atomic E-state index is -0.431. The predicted molar refractivity (Wildman–Crippen MR) is 143 cm³/mol. The number of allylic oxidation sites excluding steroid dienone is 9. The maximum atomic E-state index is 12.4. The van der Waals surface area contributed by atoms with E-state index in [9.17, 15) is 14.7 Å². The van der Waals surface area contributed by atoms with E-state index in [0.29, 0.717) is 12.1 Å². The third-order valence-corrected chi connectivity index (χ3v) is 6.04. The lowest BCUT2D eigenvalue weighted by Crippen LogP contribution is -2.19. The average molecular weight is 478 g/mol. The second-order valence-corrected chi connectivity index (χ2v) is 9.82. The molecule has 0 unspecified atom stereocenters. The molecule has 35 heavy (non-hydrogen) atoms. The molecule has 0 aliphatic heterocycles. The van der Waals surface area contributed by atoms with Crippen molar-refractivity contribution < 1.29 is 19.4 Å². The topological polar surface area (TPSA) is 75.6 Å². The Balaban J connectivity index is 1.99. The quantitative estimate of drug-likeness (QED) is 0.126. The molecule has 1 aromatic carbocycles. The van der Waals surface area contributed by atoms with Crippen LogP contribution in [-0.2, 0) is 9.59 Å². The molecule has 2 N–H and O–H groups in total. The van der Waals surface area contributed by atoms with Crippen LogP contribution in [0, 0.1) is 5.41 Å². The molecule has 1 aliphatic carbocycles. The van der Waals surface area contributed by atoms with Gasteiger partial charge in [-0.3, -0.25) is 9.59 Å². The highest BCUT2D eigenvalue weighted by Gasteiger charge is 2.26. The van der Waals surface area contributed by atoms with Crippen LogP contribution in [0.15, 0.2) is 76.9 Å². The van der Waals surface area contributed by atoms with Gasteiger partial charge in [0.15, 0.2) is 11.5 Å². The smallest absolute Gasteiger partial charge is 0.311 e. The van der Waals surface area contributed by atoms with Gasteiger partial charge in [-0.05, 0) is 75.1 Å². The fourth-order valence-electron chi connectivity index (χ4n) is 4.12. The zero-order valence-corrected chi connectivity index (χ0v) is 21.9. The van der Waals surface area contributed by atoms with Gasteiger partial charge >= 0.3 is 5.97 Å². The molecular formula is C30H39NO4. The molecule has 5 nitrogen and oxygen atoms in total. The van der Waals surface area contributed by atoms with Crippen molar-refractivity contribution in [2.45, 2.75) is 73.6 Å². The predicted octanol–water partition coefficient (Wildman–Crippen LogP) is 7.57. The lowest BCUT2D eigenvalue weighted by Gasteiger charge is -2.32. The van der Waals surface area contributed by atoms with Crippen LogP contribution in [0.3, 0.4) is 0 Å². The van der Waals surface area contributed by atoms with E-state index in [1.807, 2.05) is 32.1 Å². The number of amides is 1. The van der Waals surface area contributed by atoms with Gasteiger partial charge in [-0.1, -0.05) is 62.3 Å². The summed E-state index contributed by atoms with van der Waals surface area (Å²) in [7, 11) is 0. The number of phenols is 1. The third kappa shape index (κ3) is 9.08. The summed E-state index contributed by atoms with van der Waals surface area (Å²) in [6.07, 6.45) is 16.3. The van der Waals surface area contributed by atoms with Crippen LogP contribution in [0.4, 0.5) is 5.69 Å². The molecule has 0 spiro atoms. The number of carbonyl (C=O) groups excluding carboxylic acids is 2. The Morgan fingerprint density at radius 2 is 1.91 bits per heavy atom. The number of aromatic hydroxyl groups is 1. The molecule has 0 aromatic heterocycles. The largest absolute Gasteiger partial charge is 0.504 e. The Morgan fingerprint density at radius 3 is 2.60 bits per heavy atom. The van der Waals surface area contributed by atoms with Crippen molar-refractivity contribution in [3.63, 3.8) is 0 Å². The third-order valence-electron chi connectivity index (χ3n) is 6.04. The van der Waals surface area contributed by atoms with E-state index in [2.05, 4.69) is 45.2 Å². The maximum Gasteiger partial charge on any atom is 0.311 e. The van der Waals surface area contributed by atoms with Crippen LogP contribution in [0.2, 0.25) is 0 Å². The van der Waals surface area contributed by atoms with E-state index in [1.165, 1.54) is 48.6 Å². The van der Waals surface area contributed by atoms with E-state index >= 15 is 0 Å². The van der Waals surface area contributed by atoms with Gasteiger partial charge in [0.25, 0.3) is 0 Å². The van der Waals surface area contributed by atoms with Crippen LogP contribution in [-0.4, -0.2) is 17.0 Å². The summed E-state index contributed by atoms with van der Waals surface area (Å²) >= 11 is 0. The summed E-state index contributed by atoms with van der Waals surface area (Å²) in [5.41, 5.74) is 5.48. The van der Waals surface area contributed by atoms with Crippen molar-refractivity contribution in [3.05, 3.63) is 76.9 Å². The molecule has 0 heterocycles. The van der Waals surface area contributed by atoms with Gasteiger partial charge < -0.3 is 15.2 Å². The number of rotatable bonds is 9. The number of esters is 1. The Labute approximate surface area is 210 Å². The summed E-state index contributed by atoms with van der Waals surface area (Å²) in [4.78, 5) is 24.1. The van der Waals surface area contributed by atoms with Gasteiger partial charge in [0.05, 0.1) is 0 Å². The molecular weight excluding hydrogens is 438 g/mol. The zero-order valence-electron chi connectivity index (χ0n) is 21.9. The highest BCUT2D eigenvalue weighted by atomic mass is 16.5. The molecule has 2 rings (SSSR count). The average Bonchev–Trinajstić information content (AvgIpc) is 2.75. The molecule has 0 bridgehead atoms. The van der Waals surface area contributed by atoms with Gasteiger partial charge in [0, 0.05) is 24.3 Å². The van der Waals surface area contributed by atoms with Crippen LogP contribution >= 0.6 is 0 Å². The SMILES string of the molecule is CCCC(=O)Oc1cc(NC(=O)/C=C(C)/C=C/C=C(C)/C=C/C2=C(C)CCCC2(C)C)ccc1O. The van der Waals surface area contributed by atoms with E-state index < -0.39 is 5.97 Å². The highest BCUT2D eigenvalue weighted by Crippen LogP contribution is 2.40. The number of carbonyl (C=O) groups is 2. The number of benzene rings is 1. The number of ether oxygens (including phenoxy) is 1. The van der Waals surface area contributed by atoms with Gasteiger partial charge in [-0.25, -0.2) is 0 Å². The lowest BCUT2D eigenvalue weighted by atomic mass is 9.72. The first-order valence-corrected chi connectivity index (χ1v) is 12.3. The van der Waals surface area contributed by atoms with Crippen molar-refractivity contribution in [2.24, 2.45) is 5.41 Å². The van der Waals surface area contributed by atoms with Crippen molar-refractivity contribution in [2.75, 3.05) is 5.32 Å². The first-order valence-electron chi connectivity index (χ1n) is 12.3. The van der Waals surface area contributed by atoms with Crippen LogP contribution < -0.4 is 10.1 Å². The minimum Gasteiger partial charge on any atom is -0.504 e. The van der Waals surface area contributed by atoms with Crippen LogP contribution in [0.25, 0.3) is 0 Å². The molecule has 1 amide bonds. The zero-order chi connectivity index (χ0) is 26.0. The Kier molecular flexibility index (Phi) is 10.3. The molecule has 1 aliphatic rings. The van der Waals surface area contributed by atoms with Crippen molar-refractivity contribution in [1.29, 1.82) is 0 Å². The summed E-state index contributed by atoms with van der Waals surface area (Å²) in [5.74, 6) is -0.874. The van der Waals surface area contributed by atoms with Gasteiger partial charge in [0.2, 0.25) is 5.91 Å². The van der Waals surface area contributed by atoms with Crippen LogP contribution in [0.1, 0.15) is 73.6 Å². The van der Waals surface area contributed by atoms with Crippen LogP contribution in [0.5, 0.6) is 11.5 Å². The fraction of sp³-hybridized carbons (Fsp3) is 0.400. The molecule has 0 fully saturated rings. The number of phenolic OH excluding ortho intramolecular Hbond substituents is 1. The molecule has 5 heteroatoms. The first kappa shape index (κ1) is 27.9. The second kappa shape index (κ2) is 12.9. The van der Waals surface area contributed by atoms with E-state index in [-0.39, 0.29) is 29.2 Å². The molecule has 1 aromatic rings. The molecule has 0 radical (unpaired) electrons. The van der Waals surface area contributed by atoms with Crippen molar-refractivity contribution in [3.8, 4) is 11.5 Å². The number of anilines is 1. The van der Waals surface area contributed by atoms with Gasteiger partial charge in [0.1, 0.15) is 0 Å². The molecule has 0 saturated carbocycles. The standard InChI is InChI=1S/C30H39NO4/c1-7-10-29(34)35-27-20-24(15-17-26(27)32)31-28(33)19-22(3)12-8-11-21(2)14-16-25-23(4)13-9-18-30(25,5)6/h8,11-12,14-17,19-20,32H,7,9-10,13,18H2,1-6H3,(H,31,33)/b12-8+,16-14+,21-11+,22-19+. The fourth-order valence-corrected chi connectivity index (χ4v) is 4.12. The summed E-state index contributed by atoms with van der Waals surface area (Å²) in [6.45, 7) is 12.6. The van der Waals surface area contributed by atoms with Gasteiger partial charge in [-0.2, -0.15) is 0 Å². The van der Waals surface area contributed by atoms with E-state index in [4.69, 9.17) is 4.74 Å². The molecule has 0 saturated heterocycles. The van der Waals surface area contributed by atoms with E-state index in [1.54, 1.807) is 6.07 Å². The normalized spacial score (nSPS) is 16.7. The number of hydrogen-bond acceptors (Lipinski definition) is 4. The second-order valence-electron chi connectivity index (χ2n) is 9.82. The summed E-state index contributed by atoms with van der Waals surface area (Å²) in [6, 6.07) is 4.36. The highest BCUT2D eigenvalue weighted by molar-refractivity contribution is 6.00. The number of nitrogens with one attached hydrogen (secondary N) is 1. The lowest BCUT2D eigenvalue weighted by molar-refractivity contribution is -0.134.